The number of hydrogen-bond donors (Lipinski definition) is 1. The number of ketones is 1. The van der Waals surface area contributed by atoms with Crippen LogP contribution in [-0.4, -0.2) is 83.2 Å². The van der Waals surface area contributed by atoms with Gasteiger partial charge >= 0.3 is 0 Å². The maximum atomic E-state index is 12.7. The Balaban J connectivity index is 1.35. The number of halogens is 2. The van der Waals surface area contributed by atoms with Crippen molar-refractivity contribution >= 4 is 39.0 Å². The quantitative estimate of drug-likeness (QED) is 0.129. The summed E-state index contributed by atoms with van der Waals surface area (Å²) in [6, 6.07) is 9.14. The molecule has 14 heteroatoms. The minimum atomic E-state index is -3.75. The van der Waals surface area contributed by atoms with Crippen molar-refractivity contribution in [1.29, 1.82) is 0 Å². The van der Waals surface area contributed by atoms with E-state index < -0.39 is 16.1 Å². The summed E-state index contributed by atoms with van der Waals surface area (Å²) in [5, 5.41) is 11.7. The van der Waals surface area contributed by atoms with Crippen LogP contribution in [0.2, 0.25) is 10.0 Å². The van der Waals surface area contributed by atoms with Crippen molar-refractivity contribution in [1.82, 2.24) is 9.62 Å². The van der Waals surface area contributed by atoms with Crippen molar-refractivity contribution < 1.29 is 32.3 Å². The molecule has 0 fully saturated rings. The molecule has 0 spiro atoms. The first-order valence-electron chi connectivity index (χ1n) is 14.1. The van der Waals surface area contributed by atoms with Crippen LogP contribution in [0.15, 0.2) is 41.3 Å². The van der Waals surface area contributed by atoms with Gasteiger partial charge in [-0.15, -0.1) is 0 Å². The predicted octanol–water partition coefficient (Wildman–Crippen LogP) is 4.71. The van der Waals surface area contributed by atoms with E-state index in [1.807, 2.05) is 20.2 Å². The van der Waals surface area contributed by atoms with Crippen LogP contribution >= 0.6 is 23.2 Å². The number of carbonyl (C=O) groups is 1. The molecular formula is C29H39Cl2N3O8S. The number of fused-ring (bicyclic) bond motifs is 1. The lowest BCUT2D eigenvalue weighted by Gasteiger charge is -2.27. The van der Waals surface area contributed by atoms with Gasteiger partial charge in [-0.3, -0.25) is 14.9 Å². The molecule has 3 atom stereocenters. The molecule has 2 aromatic carbocycles. The second kappa shape index (κ2) is 16.7. The number of benzene rings is 2. The molecule has 238 valence electrons. The number of nitro groups is 1. The summed E-state index contributed by atoms with van der Waals surface area (Å²) in [6.07, 6.45) is 1.67. The van der Waals surface area contributed by atoms with Gasteiger partial charge in [-0.05, 0) is 68.9 Å². The number of nitrogens with one attached hydrogen (secondary N) is 1. The molecule has 1 unspecified atom stereocenters. The predicted molar refractivity (Wildman–Crippen MR) is 164 cm³/mol. The maximum Gasteiger partial charge on any atom is 0.240 e. The molecule has 1 aliphatic rings. The number of rotatable bonds is 19. The average molecular weight is 661 g/mol. The zero-order chi connectivity index (χ0) is 31.6. The summed E-state index contributed by atoms with van der Waals surface area (Å²) >= 11 is 12.7. The van der Waals surface area contributed by atoms with Crippen molar-refractivity contribution in [3.63, 3.8) is 0 Å². The van der Waals surface area contributed by atoms with Crippen molar-refractivity contribution in [2.45, 2.75) is 62.1 Å². The van der Waals surface area contributed by atoms with E-state index in [1.165, 1.54) is 19.1 Å². The number of hydrogen-bond acceptors (Lipinski definition) is 9. The molecule has 43 heavy (non-hydrogen) atoms. The van der Waals surface area contributed by atoms with Crippen LogP contribution in [-0.2, 0) is 30.7 Å². The fourth-order valence-corrected chi connectivity index (χ4v) is 6.28. The fourth-order valence-electron chi connectivity index (χ4n) is 4.68. The van der Waals surface area contributed by atoms with Gasteiger partial charge in [0.2, 0.25) is 16.1 Å². The minimum Gasteiger partial charge on any atom is -0.484 e. The molecule has 11 nitrogen and oxygen atoms in total. The molecule has 0 aromatic heterocycles. The van der Waals surface area contributed by atoms with E-state index in [0.29, 0.717) is 48.3 Å². The number of sulfonamides is 1. The zero-order valence-corrected chi connectivity index (χ0v) is 26.9. The highest BCUT2D eigenvalue weighted by molar-refractivity contribution is 7.89. The van der Waals surface area contributed by atoms with Crippen molar-refractivity contribution in [3.05, 3.63) is 67.7 Å². The van der Waals surface area contributed by atoms with Gasteiger partial charge in [-0.2, -0.15) is 0 Å². The van der Waals surface area contributed by atoms with Crippen molar-refractivity contribution in [2.24, 2.45) is 0 Å². The van der Waals surface area contributed by atoms with E-state index in [4.69, 9.17) is 37.4 Å². The minimum absolute atomic E-state index is 0.0173. The van der Waals surface area contributed by atoms with Gasteiger partial charge in [-0.25, -0.2) is 13.1 Å². The Morgan fingerprint density at radius 3 is 2.42 bits per heavy atom. The van der Waals surface area contributed by atoms with Crippen LogP contribution in [0.1, 0.15) is 49.8 Å². The summed E-state index contributed by atoms with van der Waals surface area (Å²) in [5.74, 6) is 0.508. The molecule has 0 saturated heterocycles. The Hall–Kier alpha value is -2.32. The summed E-state index contributed by atoms with van der Waals surface area (Å²) in [5.41, 5.74) is 1.92. The first kappa shape index (κ1) is 35.2. The van der Waals surface area contributed by atoms with Crippen LogP contribution in [0, 0.1) is 10.1 Å². The Labute approximate surface area is 263 Å². The topological polar surface area (TPSA) is 137 Å². The van der Waals surface area contributed by atoms with Crippen LogP contribution in [0.5, 0.6) is 5.75 Å². The summed E-state index contributed by atoms with van der Waals surface area (Å²) < 4.78 is 45.1. The normalized spacial score (nSPS) is 17.2. The van der Waals surface area contributed by atoms with Gasteiger partial charge in [-0.1, -0.05) is 23.2 Å². The Kier molecular flexibility index (Phi) is 13.6. The van der Waals surface area contributed by atoms with E-state index in [9.17, 15) is 23.3 Å². The molecule has 0 amide bonds. The number of Topliss-reactive ketones (excluding diaryl/α,β-unsaturated/α-hetero) is 1. The number of likely N-dealkylation sites (N-methyl/N-ethyl adjacent to an activating group) is 1. The smallest absolute Gasteiger partial charge is 0.240 e. The molecule has 0 radical (unpaired) electrons. The van der Waals surface area contributed by atoms with Gasteiger partial charge in [0, 0.05) is 59.9 Å². The molecule has 1 N–H and O–H groups in total. The third kappa shape index (κ3) is 10.7. The second-order valence-corrected chi connectivity index (χ2v) is 13.2. The fraction of sp³-hybridized carbons (Fsp3) is 0.552. The first-order chi connectivity index (χ1) is 20.4. The van der Waals surface area contributed by atoms with E-state index in [-0.39, 0.29) is 60.3 Å². The van der Waals surface area contributed by atoms with Crippen LogP contribution in [0.3, 0.4) is 0 Å². The number of ether oxygens (including phenoxy) is 3. The van der Waals surface area contributed by atoms with Crippen molar-refractivity contribution in [3.8, 4) is 5.75 Å². The third-order valence-corrected chi connectivity index (χ3v) is 9.21. The molecule has 0 aliphatic heterocycles. The third-order valence-electron chi connectivity index (χ3n) is 7.18. The second-order valence-electron chi connectivity index (χ2n) is 10.6. The Morgan fingerprint density at radius 1 is 1.09 bits per heavy atom. The summed E-state index contributed by atoms with van der Waals surface area (Å²) in [4.78, 5) is 24.2. The Morgan fingerprint density at radius 2 is 1.77 bits per heavy atom. The standard InChI is InChI=1S/C29H39Cl2N3O8S/c1-20(34(36)37)6-7-22(35)5-4-13-40-15-16-41-14-12-32-43(38,39)24-10-8-23(9-11-24)42-29-26-17-21(30)18-27(31)25(26)19-28(29)33(2)3/h8-11,17-18,20,28-29,32H,4-7,12-16,19H2,1-3H3/t20?,28-,29-/m0/s1. The number of nitrogens with zero attached hydrogens (tertiary/aromatic N) is 2. The van der Waals surface area contributed by atoms with Gasteiger partial charge in [0.1, 0.15) is 17.6 Å². The lowest BCUT2D eigenvalue weighted by atomic mass is 10.1. The van der Waals surface area contributed by atoms with Gasteiger partial charge in [0.25, 0.3) is 0 Å². The molecule has 0 bridgehead atoms. The highest BCUT2D eigenvalue weighted by Gasteiger charge is 2.37. The highest BCUT2D eigenvalue weighted by atomic mass is 35.5. The molecule has 0 saturated carbocycles. The summed E-state index contributed by atoms with van der Waals surface area (Å²) in [7, 11) is 0.198. The van der Waals surface area contributed by atoms with Crippen LogP contribution in [0.25, 0.3) is 0 Å². The van der Waals surface area contributed by atoms with Crippen molar-refractivity contribution in [2.75, 3.05) is 47.1 Å². The van der Waals surface area contributed by atoms with E-state index in [2.05, 4.69) is 9.62 Å². The molecule has 1 aliphatic carbocycles. The lowest BCUT2D eigenvalue weighted by Crippen LogP contribution is -2.34. The van der Waals surface area contributed by atoms with Gasteiger partial charge in [0.05, 0.1) is 30.8 Å². The summed E-state index contributed by atoms with van der Waals surface area (Å²) in [6.45, 7) is 2.68. The maximum absolute atomic E-state index is 12.7. The highest BCUT2D eigenvalue weighted by Crippen LogP contribution is 2.42. The largest absolute Gasteiger partial charge is 0.484 e. The van der Waals surface area contributed by atoms with E-state index >= 15 is 0 Å². The van der Waals surface area contributed by atoms with E-state index in [0.717, 1.165) is 11.1 Å². The monoisotopic (exact) mass is 659 g/mol. The van der Waals surface area contributed by atoms with E-state index in [1.54, 1.807) is 18.2 Å². The van der Waals surface area contributed by atoms with Crippen LogP contribution < -0.4 is 9.46 Å². The van der Waals surface area contributed by atoms with Gasteiger partial charge < -0.3 is 19.1 Å². The Bertz CT molecular complexity index is 1340. The molecule has 0 heterocycles. The molecule has 3 rings (SSSR count). The molecule has 2 aromatic rings. The molecular weight excluding hydrogens is 621 g/mol. The average Bonchev–Trinajstić information content (AvgIpc) is 3.31. The van der Waals surface area contributed by atoms with Gasteiger partial charge in [0.15, 0.2) is 0 Å². The lowest BCUT2D eigenvalue weighted by molar-refractivity contribution is -0.518. The first-order valence-corrected chi connectivity index (χ1v) is 16.3. The number of carbonyl (C=O) groups excluding carboxylic acids is 1. The zero-order valence-electron chi connectivity index (χ0n) is 24.6. The SMILES string of the molecule is CC(CCC(=O)CCCOCCOCCNS(=O)(=O)c1ccc(O[C@H]2c3cc(Cl)cc(Cl)c3C[C@@H]2N(C)C)cc1)[N+](=O)[O-]. The van der Waals surface area contributed by atoms with Crippen LogP contribution in [0.4, 0.5) is 0 Å².